The van der Waals surface area contributed by atoms with E-state index in [0.29, 0.717) is 13.2 Å². The summed E-state index contributed by atoms with van der Waals surface area (Å²) in [7, 11) is 0. The van der Waals surface area contributed by atoms with Gasteiger partial charge in [0.2, 0.25) is 0 Å². The zero-order valence-electron chi connectivity index (χ0n) is 7.40. The molecule has 1 aliphatic heterocycles. The van der Waals surface area contributed by atoms with Crippen molar-refractivity contribution in [1.29, 1.82) is 0 Å². The molecule has 68 valence electrons. The van der Waals surface area contributed by atoms with Gasteiger partial charge in [0.1, 0.15) is 19.0 Å². The van der Waals surface area contributed by atoms with Gasteiger partial charge in [-0.05, 0) is 11.6 Å². The van der Waals surface area contributed by atoms with Crippen molar-refractivity contribution in [3.63, 3.8) is 0 Å². The normalized spacial score (nSPS) is 14.3. The van der Waals surface area contributed by atoms with Crippen molar-refractivity contribution in [2.75, 3.05) is 13.2 Å². The minimum atomic E-state index is 0.592. The van der Waals surface area contributed by atoms with Gasteiger partial charge in [-0.25, -0.2) is 0 Å². The Hall–Kier alpha value is -1.28. The molecule has 0 saturated heterocycles. The van der Waals surface area contributed by atoms with Crippen LogP contribution in [0.25, 0.3) is 0 Å². The number of hydrogen-bond donors (Lipinski definition) is 0. The van der Waals surface area contributed by atoms with E-state index in [2.05, 4.69) is 12.1 Å². The third-order valence-corrected chi connectivity index (χ3v) is 1.94. The molecule has 2 rings (SSSR count). The van der Waals surface area contributed by atoms with Crippen molar-refractivity contribution < 1.29 is 9.47 Å². The van der Waals surface area contributed by atoms with Crippen LogP contribution in [-0.4, -0.2) is 13.2 Å². The van der Waals surface area contributed by atoms with Gasteiger partial charge >= 0.3 is 0 Å². The lowest BCUT2D eigenvalue weighted by molar-refractivity contribution is 0.0763. The molecule has 0 atom stereocenters. The van der Waals surface area contributed by atoms with Gasteiger partial charge < -0.3 is 9.47 Å². The molecule has 0 N–H and O–H groups in total. The predicted octanol–water partition coefficient (Wildman–Crippen LogP) is 2.12. The molecule has 0 aromatic heterocycles. The predicted molar refractivity (Wildman–Crippen MR) is 50.1 cm³/mol. The van der Waals surface area contributed by atoms with Crippen molar-refractivity contribution in [2.24, 2.45) is 0 Å². The number of ether oxygens (including phenoxy) is 2. The minimum absolute atomic E-state index is 0.592. The Morgan fingerprint density at radius 1 is 1.15 bits per heavy atom. The number of hydrogen-bond acceptors (Lipinski definition) is 2. The summed E-state index contributed by atoms with van der Waals surface area (Å²) in [4.78, 5) is 0. The highest BCUT2D eigenvalue weighted by atomic mass is 16.5. The van der Waals surface area contributed by atoms with Crippen LogP contribution in [0.4, 0.5) is 0 Å². The SMILES string of the molecule is C1=C(COCc2ccccc2)OC1. The van der Waals surface area contributed by atoms with Crippen LogP contribution in [0.15, 0.2) is 42.2 Å². The first kappa shape index (κ1) is 8.32. The maximum atomic E-state index is 5.43. The second kappa shape index (κ2) is 4.10. The summed E-state index contributed by atoms with van der Waals surface area (Å²) in [5.41, 5.74) is 1.20. The molecular weight excluding hydrogens is 164 g/mol. The molecule has 0 spiro atoms. The first-order valence-corrected chi connectivity index (χ1v) is 4.38. The maximum absolute atomic E-state index is 5.43. The van der Waals surface area contributed by atoms with Crippen LogP contribution in [0.3, 0.4) is 0 Å². The molecule has 1 heterocycles. The molecule has 2 nitrogen and oxygen atoms in total. The van der Waals surface area contributed by atoms with E-state index in [9.17, 15) is 0 Å². The van der Waals surface area contributed by atoms with Crippen molar-refractivity contribution in [3.8, 4) is 0 Å². The summed E-state index contributed by atoms with van der Waals surface area (Å²) >= 11 is 0. The van der Waals surface area contributed by atoms with Gasteiger partial charge in [0.05, 0.1) is 6.61 Å². The van der Waals surface area contributed by atoms with Crippen LogP contribution in [0, 0.1) is 0 Å². The van der Waals surface area contributed by atoms with E-state index in [1.54, 1.807) is 0 Å². The molecule has 13 heavy (non-hydrogen) atoms. The van der Waals surface area contributed by atoms with Crippen LogP contribution in [0.2, 0.25) is 0 Å². The topological polar surface area (TPSA) is 18.5 Å². The first-order chi connectivity index (χ1) is 6.45. The highest BCUT2D eigenvalue weighted by Crippen LogP contribution is 2.09. The van der Waals surface area contributed by atoms with Gasteiger partial charge in [0, 0.05) is 0 Å². The molecule has 0 unspecified atom stereocenters. The molecule has 2 heteroatoms. The molecule has 1 aliphatic rings. The third kappa shape index (κ3) is 2.33. The fourth-order valence-electron chi connectivity index (χ4n) is 1.15. The highest BCUT2D eigenvalue weighted by molar-refractivity contribution is 5.13. The Kier molecular flexibility index (Phi) is 2.62. The fourth-order valence-corrected chi connectivity index (χ4v) is 1.15. The molecule has 0 aliphatic carbocycles. The number of rotatable bonds is 4. The molecule has 1 aromatic carbocycles. The molecular formula is C11H12O2. The van der Waals surface area contributed by atoms with Crippen molar-refractivity contribution in [2.45, 2.75) is 6.61 Å². The largest absolute Gasteiger partial charge is 0.491 e. The van der Waals surface area contributed by atoms with Gasteiger partial charge in [-0.2, -0.15) is 0 Å². The van der Waals surface area contributed by atoms with Gasteiger partial charge in [0.25, 0.3) is 0 Å². The van der Waals surface area contributed by atoms with E-state index in [1.807, 2.05) is 24.3 Å². The summed E-state index contributed by atoms with van der Waals surface area (Å²) < 4.78 is 10.5. The average Bonchev–Trinajstić information content (AvgIpc) is 2.11. The maximum Gasteiger partial charge on any atom is 0.122 e. The lowest BCUT2D eigenvalue weighted by Crippen LogP contribution is -2.10. The van der Waals surface area contributed by atoms with E-state index in [-0.39, 0.29) is 0 Å². The van der Waals surface area contributed by atoms with E-state index >= 15 is 0 Å². The summed E-state index contributed by atoms with van der Waals surface area (Å²) in [6, 6.07) is 10.1. The van der Waals surface area contributed by atoms with Gasteiger partial charge in [-0.15, -0.1) is 0 Å². The van der Waals surface area contributed by atoms with Crippen LogP contribution in [0.5, 0.6) is 0 Å². The quantitative estimate of drug-likeness (QED) is 0.699. The Morgan fingerprint density at radius 2 is 1.92 bits per heavy atom. The standard InChI is InChI=1S/C11H12O2/c1-2-4-10(5-3-1)8-12-9-11-6-7-13-11/h1-6H,7-9H2. The first-order valence-electron chi connectivity index (χ1n) is 4.38. The monoisotopic (exact) mass is 176 g/mol. The van der Waals surface area contributed by atoms with Gasteiger partial charge in [-0.1, -0.05) is 30.3 Å². The molecule has 0 amide bonds. The Balaban J connectivity index is 1.73. The smallest absolute Gasteiger partial charge is 0.122 e. The van der Waals surface area contributed by atoms with E-state index in [4.69, 9.17) is 9.47 Å². The van der Waals surface area contributed by atoms with Crippen LogP contribution < -0.4 is 0 Å². The third-order valence-electron chi connectivity index (χ3n) is 1.94. The molecule has 0 radical (unpaired) electrons. The van der Waals surface area contributed by atoms with Gasteiger partial charge in [-0.3, -0.25) is 0 Å². The lowest BCUT2D eigenvalue weighted by Gasteiger charge is -2.16. The molecule has 0 saturated carbocycles. The lowest BCUT2D eigenvalue weighted by atomic mass is 10.2. The highest BCUT2D eigenvalue weighted by Gasteiger charge is 2.05. The zero-order chi connectivity index (χ0) is 8.93. The fraction of sp³-hybridized carbons (Fsp3) is 0.273. The Bertz CT molecular complexity index is 290. The van der Waals surface area contributed by atoms with Crippen LogP contribution in [0.1, 0.15) is 5.56 Å². The second-order valence-corrected chi connectivity index (χ2v) is 2.96. The van der Waals surface area contributed by atoms with E-state index < -0.39 is 0 Å². The summed E-state index contributed by atoms with van der Waals surface area (Å²) in [5, 5.41) is 0. The zero-order valence-corrected chi connectivity index (χ0v) is 7.40. The molecule has 0 fully saturated rings. The summed E-state index contributed by atoms with van der Waals surface area (Å²) in [6.07, 6.45) is 2.03. The Morgan fingerprint density at radius 3 is 2.54 bits per heavy atom. The summed E-state index contributed by atoms with van der Waals surface area (Å²) in [5.74, 6) is 0.955. The van der Waals surface area contributed by atoms with Crippen molar-refractivity contribution in [3.05, 3.63) is 47.7 Å². The van der Waals surface area contributed by atoms with Crippen molar-refractivity contribution in [1.82, 2.24) is 0 Å². The molecule has 0 bridgehead atoms. The molecule has 1 aromatic rings. The second-order valence-electron chi connectivity index (χ2n) is 2.96. The van der Waals surface area contributed by atoms with Crippen molar-refractivity contribution >= 4 is 0 Å². The number of benzene rings is 1. The van der Waals surface area contributed by atoms with Crippen LogP contribution >= 0.6 is 0 Å². The van der Waals surface area contributed by atoms with Crippen LogP contribution in [-0.2, 0) is 16.1 Å². The van der Waals surface area contributed by atoms with E-state index in [0.717, 1.165) is 12.4 Å². The van der Waals surface area contributed by atoms with Gasteiger partial charge in [0.15, 0.2) is 0 Å². The Labute approximate surface area is 77.8 Å². The summed E-state index contributed by atoms with van der Waals surface area (Å²) in [6.45, 7) is 1.99. The van der Waals surface area contributed by atoms with E-state index in [1.165, 1.54) is 5.56 Å². The minimum Gasteiger partial charge on any atom is -0.491 e. The average molecular weight is 176 g/mol.